The number of hydrogen-bond acceptors (Lipinski definition) is 3. The van der Waals surface area contributed by atoms with Crippen molar-refractivity contribution in [2.75, 3.05) is 18.9 Å². The normalized spacial score (nSPS) is 9.88. The van der Waals surface area contributed by atoms with Crippen LogP contribution in [-0.4, -0.2) is 19.1 Å². The maximum atomic E-state index is 11.8. The Kier molecular flexibility index (Phi) is 8.72. The highest BCUT2D eigenvalue weighted by atomic mass is 35.5. The van der Waals surface area contributed by atoms with Crippen molar-refractivity contribution in [3.63, 3.8) is 0 Å². The van der Waals surface area contributed by atoms with Crippen molar-refractivity contribution in [1.29, 1.82) is 0 Å². The fraction of sp³-hybridized carbons (Fsp3) is 0.316. The Morgan fingerprint density at radius 1 is 1.12 bits per heavy atom. The van der Waals surface area contributed by atoms with E-state index in [1.165, 1.54) is 0 Å². The maximum Gasteiger partial charge on any atom is 0.220 e. The van der Waals surface area contributed by atoms with Gasteiger partial charge in [0.25, 0.3) is 0 Å². The molecule has 0 saturated carbocycles. The van der Waals surface area contributed by atoms with Gasteiger partial charge in [-0.2, -0.15) is 0 Å². The Bertz CT molecular complexity index is 647. The molecule has 0 saturated heterocycles. The molecule has 0 aliphatic heterocycles. The molecule has 2 rings (SSSR count). The van der Waals surface area contributed by atoms with E-state index in [4.69, 9.17) is 10.5 Å². The van der Waals surface area contributed by atoms with Crippen LogP contribution < -0.4 is 15.8 Å². The molecule has 2 aromatic rings. The van der Waals surface area contributed by atoms with Crippen molar-refractivity contribution in [3.05, 3.63) is 59.7 Å². The van der Waals surface area contributed by atoms with E-state index in [9.17, 15) is 4.79 Å². The molecule has 0 aliphatic carbocycles. The van der Waals surface area contributed by atoms with Crippen LogP contribution in [0.15, 0.2) is 48.5 Å². The van der Waals surface area contributed by atoms with Gasteiger partial charge >= 0.3 is 0 Å². The summed E-state index contributed by atoms with van der Waals surface area (Å²) in [4.78, 5) is 11.8. The van der Waals surface area contributed by atoms with Crippen molar-refractivity contribution in [1.82, 2.24) is 5.32 Å². The van der Waals surface area contributed by atoms with Crippen LogP contribution in [0.1, 0.15) is 24.0 Å². The number of nitrogens with two attached hydrogens (primary N) is 1. The number of nitrogens with one attached hydrogen (secondary N) is 1. The van der Waals surface area contributed by atoms with Crippen LogP contribution in [0.2, 0.25) is 0 Å². The average Bonchev–Trinajstić information content (AvgIpc) is 2.55. The Morgan fingerprint density at radius 2 is 1.83 bits per heavy atom. The Labute approximate surface area is 149 Å². The highest BCUT2D eigenvalue weighted by Gasteiger charge is 2.04. The lowest BCUT2D eigenvalue weighted by Gasteiger charge is -2.09. The number of halogens is 1. The summed E-state index contributed by atoms with van der Waals surface area (Å²) in [5, 5.41) is 2.91. The molecular weight excluding hydrogens is 324 g/mol. The Morgan fingerprint density at radius 3 is 2.58 bits per heavy atom. The first kappa shape index (κ1) is 19.8. The molecule has 5 heteroatoms. The number of benzene rings is 2. The molecule has 0 aliphatic rings. The highest BCUT2D eigenvalue weighted by Crippen LogP contribution is 2.16. The highest BCUT2D eigenvalue weighted by molar-refractivity contribution is 5.85. The van der Waals surface area contributed by atoms with Crippen LogP contribution >= 0.6 is 12.4 Å². The predicted molar refractivity (Wildman–Crippen MR) is 101 cm³/mol. The van der Waals surface area contributed by atoms with Gasteiger partial charge in [-0.1, -0.05) is 36.4 Å². The number of para-hydroxylation sites is 2. The first-order chi connectivity index (χ1) is 11.2. The van der Waals surface area contributed by atoms with Gasteiger partial charge in [0, 0.05) is 18.7 Å². The van der Waals surface area contributed by atoms with Crippen molar-refractivity contribution < 1.29 is 9.53 Å². The van der Waals surface area contributed by atoms with Gasteiger partial charge in [0.05, 0.1) is 6.61 Å². The topological polar surface area (TPSA) is 64.3 Å². The molecule has 0 atom stereocenters. The molecule has 0 aromatic heterocycles. The Hall–Kier alpha value is -2.20. The van der Waals surface area contributed by atoms with Crippen LogP contribution in [0, 0.1) is 6.92 Å². The molecule has 24 heavy (non-hydrogen) atoms. The van der Waals surface area contributed by atoms with Crippen LogP contribution in [-0.2, 0) is 11.2 Å². The summed E-state index contributed by atoms with van der Waals surface area (Å²) in [6.45, 7) is 3.23. The van der Waals surface area contributed by atoms with Gasteiger partial charge in [0.15, 0.2) is 0 Å². The summed E-state index contributed by atoms with van der Waals surface area (Å²) in [7, 11) is 0. The van der Waals surface area contributed by atoms with E-state index >= 15 is 0 Å². The van der Waals surface area contributed by atoms with Crippen LogP contribution in [0.25, 0.3) is 0 Å². The summed E-state index contributed by atoms with van der Waals surface area (Å²) < 4.78 is 5.70. The molecule has 4 nitrogen and oxygen atoms in total. The molecule has 3 N–H and O–H groups in total. The number of aryl methyl sites for hydroxylation is 2. The monoisotopic (exact) mass is 348 g/mol. The third-order valence-electron chi connectivity index (χ3n) is 3.67. The third-order valence-corrected chi connectivity index (χ3v) is 3.67. The zero-order chi connectivity index (χ0) is 16.5. The van der Waals surface area contributed by atoms with E-state index in [1.807, 2.05) is 55.5 Å². The minimum Gasteiger partial charge on any atom is -0.493 e. The minimum atomic E-state index is 0. The fourth-order valence-electron chi connectivity index (χ4n) is 2.30. The number of anilines is 1. The van der Waals surface area contributed by atoms with Gasteiger partial charge in [0.2, 0.25) is 5.91 Å². The second-order valence-corrected chi connectivity index (χ2v) is 5.52. The van der Waals surface area contributed by atoms with Gasteiger partial charge < -0.3 is 15.8 Å². The lowest BCUT2D eigenvalue weighted by Crippen LogP contribution is -2.25. The van der Waals surface area contributed by atoms with E-state index in [2.05, 4.69) is 5.32 Å². The zero-order valence-corrected chi connectivity index (χ0v) is 14.8. The van der Waals surface area contributed by atoms with Gasteiger partial charge in [-0.25, -0.2) is 0 Å². The summed E-state index contributed by atoms with van der Waals surface area (Å²) in [5.74, 6) is 0.947. The van der Waals surface area contributed by atoms with Gasteiger partial charge in [-0.05, 0) is 43.0 Å². The molecule has 0 fully saturated rings. The second kappa shape index (κ2) is 10.6. The number of carbonyl (C=O) groups is 1. The lowest BCUT2D eigenvalue weighted by atomic mass is 10.1. The van der Waals surface area contributed by atoms with Gasteiger partial charge in [-0.15, -0.1) is 12.4 Å². The van der Waals surface area contributed by atoms with Crippen LogP contribution in [0.3, 0.4) is 0 Å². The summed E-state index contributed by atoms with van der Waals surface area (Å²) in [5.41, 5.74) is 8.75. The predicted octanol–water partition coefficient (Wildman–Crippen LogP) is 3.52. The number of amides is 1. The second-order valence-electron chi connectivity index (χ2n) is 5.52. The molecular formula is C19H25ClN2O2. The van der Waals surface area contributed by atoms with E-state index < -0.39 is 0 Å². The third kappa shape index (κ3) is 6.50. The number of hydrogen-bond donors (Lipinski definition) is 2. The maximum absolute atomic E-state index is 11.8. The molecule has 1 amide bonds. The number of carbonyl (C=O) groups excluding carboxylic acids is 1. The van der Waals surface area contributed by atoms with Crippen LogP contribution in [0.5, 0.6) is 5.75 Å². The quantitative estimate of drug-likeness (QED) is 0.566. The molecule has 2 aromatic carbocycles. The fourth-order valence-corrected chi connectivity index (χ4v) is 2.30. The SMILES string of the molecule is Cc1ccccc1OCCCNC(=O)CCc1ccccc1N.Cl. The van der Waals surface area contributed by atoms with Crippen molar-refractivity contribution in [3.8, 4) is 5.75 Å². The first-order valence-electron chi connectivity index (χ1n) is 7.95. The van der Waals surface area contributed by atoms with E-state index in [-0.39, 0.29) is 18.3 Å². The molecule has 0 heterocycles. The number of ether oxygens (including phenoxy) is 1. The number of nitrogen functional groups attached to an aromatic ring is 1. The van der Waals surface area contributed by atoms with Crippen molar-refractivity contribution in [2.45, 2.75) is 26.2 Å². The lowest BCUT2D eigenvalue weighted by molar-refractivity contribution is -0.121. The summed E-state index contributed by atoms with van der Waals surface area (Å²) in [6.07, 6.45) is 1.90. The van der Waals surface area contributed by atoms with Gasteiger partial charge in [-0.3, -0.25) is 4.79 Å². The van der Waals surface area contributed by atoms with Crippen molar-refractivity contribution in [2.24, 2.45) is 0 Å². The zero-order valence-electron chi connectivity index (χ0n) is 14.0. The summed E-state index contributed by atoms with van der Waals surface area (Å²) in [6, 6.07) is 15.6. The molecule has 0 radical (unpaired) electrons. The van der Waals surface area contributed by atoms with E-state index in [1.54, 1.807) is 0 Å². The standard InChI is InChI=1S/C19H24N2O2.ClH/c1-15-7-2-5-10-18(15)23-14-6-13-21-19(22)12-11-16-8-3-4-9-17(16)20;/h2-5,7-10H,6,11-14,20H2,1H3,(H,21,22);1H. The number of rotatable bonds is 8. The molecule has 0 unspecified atom stereocenters. The average molecular weight is 349 g/mol. The Balaban J connectivity index is 0.00000288. The molecule has 130 valence electrons. The molecule has 0 spiro atoms. The van der Waals surface area contributed by atoms with Crippen molar-refractivity contribution >= 4 is 24.0 Å². The smallest absolute Gasteiger partial charge is 0.220 e. The van der Waals surface area contributed by atoms with Gasteiger partial charge in [0.1, 0.15) is 5.75 Å². The first-order valence-corrected chi connectivity index (χ1v) is 7.95. The van der Waals surface area contributed by atoms with E-state index in [0.717, 1.165) is 29.0 Å². The van der Waals surface area contributed by atoms with Crippen LogP contribution in [0.4, 0.5) is 5.69 Å². The minimum absolute atomic E-state index is 0. The largest absolute Gasteiger partial charge is 0.493 e. The summed E-state index contributed by atoms with van der Waals surface area (Å²) >= 11 is 0. The molecule has 0 bridgehead atoms. The van der Waals surface area contributed by atoms with E-state index in [0.29, 0.717) is 26.0 Å².